The van der Waals surface area contributed by atoms with Gasteiger partial charge in [-0.15, -0.1) is 29.8 Å². The van der Waals surface area contributed by atoms with Crippen LogP contribution in [0.1, 0.15) is 27.2 Å². The number of rotatable bonds is 4. The second-order valence-electron chi connectivity index (χ2n) is 4.74. The van der Waals surface area contributed by atoms with Gasteiger partial charge in [0.15, 0.2) is 0 Å². The molecule has 5 nitrogen and oxygen atoms in total. The smallest absolute Gasteiger partial charge is 0.306 e. The summed E-state index contributed by atoms with van der Waals surface area (Å²) in [6, 6.07) is 0.683. The molecule has 0 radical (unpaired) electrons. The summed E-state index contributed by atoms with van der Waals surface area (Å²) in [5.74, 6) is -0.871. The Balaban J connectivity index is 2.20. The second kappa shape index (κ2) is 8.04. The number of anilines is 1. The fraction of sp³-hybridized carbons (Fsp3) is 0.231. The first-order valence-corrected chi connectivity index (χ1v) is 9.16. The number of hydrogen-bond donors (Lipinski definition) is 1. The summed E-state index contributed by atoms with van der Waals surface area (Å²) in [5.41, 5.74) is -0.511. The van der Waals surface area contributed by atoms with Gasteiger partial charge in [0.1, 0.15) is 15.7 Å². The number of aromatic nitrogens is 2. The van der Waals surface area contributed by atoms with Crippen molar-refractivity contribution >= 4 is 58.9 Å². The zero-order chi connectivity index (χ0) is 18.8. The average molecular weight is 427 g/mol. The lowest BCUT2D eigenvalue weighted by atomic mass is 10.2. The van der Waals surface area contributed by atoms with Crippen molar-refractivity contribution in [2.45, 2.75) is 18.6 Å². The van der Waals surface area contributed by atoms with Crippen molar-refractivity contribution in [2.24, 2.45) is 4.99 Å². The highest BCUT2D eigenvalue weighted by atomic mass is 35.5. The molecule has 0 saturated heterocycles. The van der Waals surface area contributed by atoms with Crippen LogP contribution < -0.4 is 5.32 Å². The van der Waals surface area contributed by atoms with Crippen LogP contribution in [0.4, 0.5) is 19.0 Å². The summed E-state index contributed by atoms with van der Waals surface area (Å²) in [6.45, 7) is 1.75. The molecule has 2 rings (SSSR count). The molecular formula is C13H12ClF3N4OP2S. The molecule has 0 aliphatic carbocycles. The number of halogens is 4. The lowest BCUT2D eigenvalue weighted by Gasteiger charge is -2.10. The van der Waals surface area contributed by atoms with Gasteiger partial charge in [-0.05, 0) is 13.0 Å². The minimum atomic E-state index is -4.64. The van der Waals surface area contributed by atoms with Crippen molar-refractivity contribution in [2.75, 3.05) is 5.32 Å². The highest BCUT2D eigenvalue weighted by Crippen LogP contribution is 2.35. The number of pyridine rings is 1. The van der Waals surface area contributed by atoms with Crippen molar-refractivity contribution < 1.29 is 18.0 Å². The molecule has 2 aromatic heterocycles. The first-order chi connectivity index (χ1) is 11.6. The van der Waals surface area contributed by atoms with Gasteiger partial charge in [0.25, 0.3) is 5.91 Å². The van der Waals surface area contributed by atoms with Gasteiger partial charge in [-0.25, -0.2) is 9.97 Å². The fourth-order valence-corrected chi connectivity index (χ4v) is 3.15. The molecule has 2 heterocycles. The molecular weight excluding hydrogens is 415 g/mol. The van der Waals surface area contributed by atoms with Crippen molar-refractivity contribution in [3.05, 3.63) is 38.9 Å². The highest BCUT2D eigenvalue weighted by Gasteiger charge is 2.34. The summed E-state index contributed by atoms with van der Waals surface area (Å²) in [6.07, 6.45) is -2.47. The fourth-order valence-electron chi connectivity index (χ4n) is 1.73. The second-order valence-corrected chi connectivity index (χ2v) is 8.31. The van der Waals surface area contributed by atoms with Gasteiger partial charge in [0.05, 0.1) is 28.0 Å². The van der Waals surface area contributed by atoms with E-state index in [2.05, 4.69) is 38.8 Å². The van der Waals surface area contributed by atoms with E-state index in [0.717, 1.165) is 17.5 Å². The molecule has 1 amide bonds. The minimum Gasteiger partial charge on any atom is -0.306 e. The molecule has 12 heteroatoms. The standard InChI is InChI=1S/C13H12ClF3N4OP2S/c1-5(20-12(23)24)11-19-4-8(25-11)10(22)21-9-2-6(13(15,16)17)7(14)3-18-9/h2-4,12H,23-24H2,1H3,(H,18,21,22)/b20-5+. The molecule has 2 aromatic rings. The summed E-state index contributed by atoms with van der Waals surface area (Å²) in [5, 5.41) is 2.31. The number of amides is 1. The number of aliphatic imine (C=N–C) groups is 1. The molecule has 0 aliphatic heterocycles. The SMILES string of the molecule is C/C(=N\C(P)P)c1ncc(C(=O)Nc2cc(C(F)(F)F)c(Cl)cn2)s1. The summed E-state index contributed by atoms with van der Waals surface area (Å²) in [4.78, 5) is 24.4. The van der Waals surface area contributed by atoms with Crippen LogP contribution in [0.25, 0.3) is 0 Å². The molecule has 0 fully saturated rings. The molecule has 2 unspecified atom stereocenters. The number of hydrogen-bond acceptors (Lipinski definition) is 5. The molecule has 0 saturated carbocycles. The van der Waals surface area contributed by atoms with E-state index in [1.54, 1.807) is 6.92 Å². The van der Waals surface area contributed by atoms with E-state index >= 15 is 0 Å². The predicted molar refractivity (Wildman–Crippen MR) is 99.7 cm³/mol. The Morgan fingerprint density at radius 1 is 1.36 bits per heavy atom. The van der Waals surface area contributed by atoms with E-state index < -0.39 is 22.7 Å². The van der Waals surface area contributed by atoms with E-state index in [0.29, 0.717) is 16.8 Å². The number of alkyl halides is 3. The van der Waals surface area contributed by atoms with E-state index in [-0.39, 0.29) is 16.2 Å². The maximum atomic E-state index is 12.8. The summed E-state index contributed by atoms with van der Waals surface area (Å²) < 4.78 is 38.5. The molecule has 0 bridgehead atoms. The third kappa shape index (κ3) is 5.42. The van der Waals surface area contributed by atoms with Crippen LogP contribution in [0.15, 0.2) is 23.5 Å². The number of nitrogens with zero attached hydrogens (tertiary/aromatic N) is 3. The molecule has 134 valence electrons. The van der Waals surface area contributed by atoms with Gasteiger partial charge in [-0.3, -0.25) is 9.79 Å². The van der Waals surface area contributed by atoms with E-state index in [1.165, 1.54) is 6.20 Å². The van der Waals surface area contributed by atoms with Crippen LogP contribution in [0.2, 0.25) is 5.02 Å². The van der Waals surface area contributed by atoms with E-state index in [4.69, 9.17) is 11.6 Å². The van der Waals surface area contributed by atoms with Crippen LogP contribution >= 0.6 is 41.4 Å². The largest absolute Gasteiger partial charge is 0.418 e. The Hall–Kier alpha value is -1.14. The van der Waals surface area contributed by atoms with Gasteiger partial charge in [-0.1, -0.05) is 11.6 Å². The Kier molecular flexibility index (Phi) is 6.49. The zero-order valence-corrected chi connectivity index (χ0v) is 16.5. The topological polar surface area (TPSA) is 67.2 Å². The molecule has 25 heavy (non-hydrogen) atoms. The first-order valence-electron chi connectivity index (χ1n) is 6.64. The normalized spacial score (nSPS) is 12.6. The van der Waals surface area contributed by atoms with Crippen LogP contribution in [-0.4, -0.2) is 27.1 Å². The van der Waals surface area contributed by atoms with Crippen molar-refractivity contribution in [1.29, 1.82) is 0 Å². The lowest BCUT2D eigenvalue weighted by molar-refractivity contribution is -0.137. The van der Waals surface area contributed by atoms with Crippen molar-refractivity contribution in [3.63, 3.8) is 0 Å². The van der Waals surface area contributed by atoms with Crippen LogP contribution in [0.5, 0.6) is 0 Å². The van der Waals surface area contributed by atoms with Crippen molar-refractivity contribution in [1.82, 2.24) is 9.97 Å². The summed E-state index contributed by atoms with van der Waals surface area (Å²) >= 11 is 6.57. The minimum absolute atomic E-state index is 0.0831. The molecule has 2 atom stereocenters. The van der Waals surface area contributed by atoms with Crippen LogP contribution in [-0.2, 0) is 6.18 Å². The Morgan fingerprint density at radius 2 is 2.04 bits per heavy atom. The Bertz CT molecular complexity index is 826. The van der Waals surface area contributed by atoms with Crippen molar-refractivity contribution in [3.8, 4) is 0 Å². The monoisotopic (exact) mass is 426 g/mol. The first kappa shape index (κ1) is 20.2. The average Bonchev–Trinajstić information content (AvgIpc) is 2.97. The van der Waals surface area contributed by atoms with Gasteiger partial charge < -0.3 is 5.32 Å². The van der Waals surface area contributed by atoms with E-state index in [1.807, 2.05) is 0 Å². The zero-order valence-electron chi connectivity index (χ0n) is 12.6. The van der Waals surface area contributed by atoms with Gasteiger partial charge in [-0.2, -0.15) is 13.2 Å². The molecule has 0 aromatic carbocycles. The maximum absolute atomic E-state index is 12.8. The quantitative estimate of drug-likeness (QED) is 0.585. The third-order valence-electron chi connectivity index (χ3n) is 2.78. The molecule has 1 N–H and O–H groups in total. The number of carbonyl (C=O) groups is 1. The summed E-state index contributed by atoms with van der Waals surface area (Å²) in [7, 11) is 4.97. The van der Waals surface area contributed by atoms with Crippen LogP contribution in [0.3, 0.4) is 0 Å². The Morgan fingerprint density at radius 3 is 2.64 bits per heavy atom. The number of nitrogens with one attached hydrogen (secondary N) is 1. The van der Waals surface area contributed by atoms with Crippen LogP contribution in [0, 0.1) is 0 Å². The van der Waals surface area contributed by atoms with Gasteiger partial charge in [0.2, 0.25) is 0 Å². The van der Waals surface area contributed by atoms with E-state index in [9.17, 15) is 18.0 Å². The maximum Gasteiger partial charge on any atom is 0.418 e. The predicted octanol–water partition coefficient (Wildman–Crippen LogP) is 4.31. The highest BCUT2D eigenvalue weighted by molar-refractivity contribution is 7.37. The lowest BCUT2D eigenvalue weighted by Crippen LogP contribution is -2.13. The molecule has 0 spiro atoms. The number of carbonyl (C=O) groups excluding carboxylic acids is 1. The van der Waals surface area contributed by atoms with Gasteiger partial charge in [0, 0.05) is 6.20 Å². The molecule has 0 aliphatic rings. The third-order valence-corrected chi connectivity index (χ3v) is 4.49. The van der Waals surface area contributed by atoms with Gasteiger partial charge >= 0.3 is 6.18 Å². The number of thiazole rings is 1. The Labute approximate surface area is 154 Å².